The third-order valence-electron chi connectivity index (χ3n) is 15.1. The summed E-state index contributed by atoms with van der Waals surface area (Å²) in [6, 6.07) is 55.4. The molecule has 0 saturated carbocycles. The number of benzene rings is 16. The van der Waals surface area contributed by atoms with E-state index in [4.69, 9.17) is 34.3 Å². The van der Waals surface area contributed by atoms with Crippen LogP contribution in [0.2, 0.25) is 0 Å². The number of aryl methyl sites for hydroxylation is 1. The van der Waals surface area contributed by atoms with Crippen LogP contribution in [0.3, 0.4) is 0 Å². The van der Waals surface area contributed by atoms with Crippen molar-refractivity contribution < 1.29 is 34.3 Å². The van der Waals surface area contributed by atoms with Gasteiger partial charge in [0.25, 0.3) is 0 Å². The van der Waals surface area contributed by atoms with E-state index in [1.807, 2.05) is 159 Å². The molecule has 0 amide bonds. The molecule has 0 unspecified atom stereocenters. The average Bonchev–Trinajstić information content (AvgIpc) is 0.762. The number of anilines is 6. The van der Waals surface area contributed by atoms with Crippen molar-refractivity contribution in [3.05, 3.63) is 363 Å². The first-order valence-corrected chi connectivity index (χ1v) is 28.7. The van der Waals surface area contributed by atoms with Crippen LogP contribution in [0.4, 0.5) is 34.1 Å². The summed E-state index contributed by atoms with van der Waals surface area (Å²) in [5, 5.41) is 18.5. The fraction of sp³-hybridized carbons (Fsp3) is 0.0115. The van der Waals surface area contributed by atoms with Crippen molar-refractivity contribution in [3.63, 3.8) is 0 Å². The van der Waals surface area contributed by atoms with Gasteiger partial charge in [0.2, 0.25) is 0 Å². The number of hydrogen-bond acceptors (Lipinski definition) is 3. The highest BCUT2D eigenvalue weighted by atomic mass is 14.9. The van der Waals surface area contributed by atoms with Crippen LogP contribution in [0, 0.1) is 6.92 Å². The standard InChI is InChI=1S/2C32H23N.C23H19N/c1-3-11-23(12-4-1)31-21-27(19-25-15-7-9-17-29(25)31)33-28-20-26-16-8-10-18-30(26)32(22-28)24-13-5-2-6-14-24;1-3-7-23(8-4-1)27-13-11-25-15-17-31(21-29(25)19-27)33-32-18-16-26-12-14-28(20-30(26)22-32)24-9-5-2-6-10-24;1-17-7-12-22(13-8-17)24-23-14-11-20-15-19(9-10-21(20)16-23)18-5-3-2-4-6-18/h2*1-22,33H;2-16,24H,1H3/i1D,2D,3D,4D,5D,6D,11D,12D,13D,14D;1D,2D,3D,4D,5D,6D,7D,8D,9D,10D;2D,3D,4D,5D,6D. The molecule has 90 heavy (non-hydrogen) atoms. The lowest BCUT2D eigenvalue weighted by atomic mass is 9.96. The summed E-state index contributed by atoms with van der Waals surface area (Å²) in [4.78, 5) is 0. The zero-order valence-electron chi connectivity index (χ0n) is 73.1. The van der Waals surface area contributed by atoms with E-state index in [9.17, 15) is 0 Å². The van der Waals surface area contributed by atoms with Gasteiger partial charge in [0.15, 0.2) is 0 Å². The maximum absolute atomic E-state index is 8.57. The van der Waals surface area contributed by atoms with Gasteiger partial charge < -0.3 is 16.0 Å². The van der Waals surface area contributed by atoms with Crippen LogP contribution < -0.4 is 16.0 Å². The summed E-state index contributed by atoms with van der Waals surface area (Å²) in [6.45, 7) is 2.05. The first kappa shape index (κ1) is 34.5. The largest absolute Gasteiger partial charge is 0.356 e. The molecule has 0 radical (unpaired) electrons. The van der Waals surface area contributed by atoms with Gasteiger partial charge in [-0.15, -0.1) is 0 Å². The Labute approximate surface area is 562 Å². The minimum Gasteiger partial charge on any atom is -0.356 e. The summed E-state index contributed by atoms with van der Waals surface area (Å²) in [5.74, 6) is 0. The van der Waals surface area contributed by atoms with Gasteiger partial charge in [-0.3, -0.25) is 0 Å². The summed E-state index contributed by atoms with van der Waals surface area (Å²) < 4.78 is 204. The molecule has 0 atom stereocenters. The molecule has 16 aromatic rings. The fourth-order valence-corrected chi connectivity index (χ4v) is 10.7. The Bertz CT molecular complexity index is 6280. The van der Waals surface area contributed by atoms with E-state index >= 15 is 0 Å². The van der Waals surface area contributed by atoms with Gasteiger partial charge in [0, 0.05) is 34.1 Å². The lowest BCUT2D eigenvalue weighted by Gasteiger charge is -2.15. The number of rotatable bonds is 11. The predicted molar refractivity (Wildman–Crippen MR) is 388 cm³/mol. The Balaban J connectivity index is 0.000000146. The molecule has 428 valence electrons. The van der Waals surface area contributed by atoms with Crippen LogP contribution in [0.5, 0.6) is 0 Å². The van der Waals surface area contributed by atoms with Crippen molar-refractivity contribution in [2.75, 3.05) is 16.0 Å². The summed E-state index contributed by atoms with van der Waals surface area (Å²) in [5.41, 5.74) is 9.11. The Hall–Kier alpha value is -11.8. The molecule has 0 aromatic heterocycles. The second-order valence-electron chi connectivity index (χ2n) is 21.1. The van der Waals surface area contributed by atoms with E-state index in [1.165, 1.54) is 5.56 Å². The van der Waals surface area contributed by atoms with E-state index in [-0.39, 0.29) is 131 Å². The van der Waals surface area contributed by atoms with Crippen LogP contribution in [0.15, 0.2) is 357 Å². The molecule has 0 saturated heterocycles. The van der Waals surface area contributed by atoms with Crippen LogP contribution in [0.1, 0.15) is 39.8 Å². The number of hydrogen-bond donors (Lipinski definition) is 3. The van der Waals surface area contributed by atoms with Gasteiger partial charge in [-0.2, -0.15) is 0 Å². The highest BCUT2D eigenvalue weighted by molar-refractivity contribution is 6.03. The summed E-state index contributed by atoms with van der Waals surface area (Å²) in [7, 11) is 0. The van der Waals surface area contributed by atoms with Crippen molar-refractivity contribution in [2.45, 2.75) is 6.92 Å². The highest BCUT2D eigenvalue weighted by Crippen LogP contribution is 2.38. The van der Waals surface area contributed by atoms with Crippen LogP contribution in [0.25, 0.3) is 109 Å². The smallest absolute Gasteiger partial charge is 0.0629 e. The highest BCUT2D eigenvalue weighted by Gasteiger charge is 2.12. The first-order valence-electron chi connectivity index (χ1n) is 41.2. The summed E-state index contributed by atoms with van der Waals surface area (Å²) >= 11 is 0. The Morgan fingerprint density at radius 2 is 0.511 bits per heavy atom. The molecule has 3 N–H and O–H groups in total. The molecular weight excluding hydrogens is 1090 g/mol. The van der Waals surface area contributed by atoms with Gasteiger partial charge in [-0.25, -0.2) is 0 Å². The van der Waals surface area contributed by atoms with Crippen LogP contribution in [-0.4, -0.2) is 0 Å². The van der Waals surface area contributed by atoms with Crippen LogP contribution >= 0.6 is 0 Å². The Morgan fingerprint density at radius 1 is 0.211 bits per heavy atom. The number of nitrogens with one attached hydrogen (secondary N) is 3. The molecule has 0 aliphatic carbocycles. The van der Waals surface area contributed by atoms with Crippen molar-refractivity contribution in [1.29, 1.82) is 0 Å². The third kappa shape index (κ3) is 13.0. The lowest BCUT2D eigenvalue weighted by Crippen LogP contribution is -1.94. The SMILES string of the molecule is [2H]c1c([2H])c([2H])c(-c2cc(Nc3cc(-c4c([2H])c([2H])c([2H])c([2H])c4[2H])c4ccccc4c3)cc3ccccc23)c([2H])c1[2H].[2H]c1c([2H])c([2H])c(-c2ccc3cc(Nc4ccc(C)cc4)ccc3c2)c([2H])c1[2H].[2H]c1c([2H])c([2H])c(-c2ccc3ccc(Nc4ccc5ccc(-c6c([2H])c([2H])c([2H])c([2H])c6[2H])cc5c4)cc3c2)c([2H])c1[2H]. The average molecular weight is 1180 g/mol. The molecule has 3 nitrogen and oxygen atoms in total. The topological polar surface area (TPSA) is 36.1 Å². The van der Waals surface area contributed by atoms with Crippen molar-refractivity contribution >= 4 is 88.0 Å². The molecule has 0 aliphatic rings. The fourth-order valence-electron chi connectivity index (χ4n) is 10.7. The summed E-state index contributed by atoms with van der Waals surface area (Å²) in [6.07, 6.45) is 0. The lowest BCUT2D eigenvalue weighted by molar-refractivity contribution is 1.46. The van der Waals surface area contributed by atoms with E-state index in [0.717, 1.165) is 65.8 Å². The first-order chi connectivity index (χ1) is 54.8. The maximum Gasteiger partial charge on any atom is 0.0629 e. The van der Waals surface area contributed by atoms with E-state index in [2.05, 4.69) is 28.1 Å². The Morgan fingerprint density at radius 3 is 0.944 bits per heavy atom. The van der Waals surface area contributed by atoms with E-state index in [0.29, 0.717) is 50.0 Å². The molecule has 0 bridgehead atoms. The zero-order valence-corrected chi connectivity index (χ0v) is 48.1. The van der Waals surface area contributed by atoms with Gasteiger partial charge in [0.1, 0.15) is 0 Å². The predicted octanol–water partition coefficient (Wildman–Crippen LogP) is 24.7. The minimum atomic E-state index is -0.464. The van der Waals surface area contributed by atoms with Gasteiger partial charge in [0.05, 0.1) is 34.3 Å². The second-order valence-corrected chi connectivity index (χ2v) is 21.1. The molecule has 0 heterocycles. The zero-order chi connectivity index (χ0) is 82.2. The molecule has 16 rings (SSSR count). The normalized spacial score (nSPS) is 14.8. The monoisotopic (exact) mass is 1180 g/mol. The molecule has 0 aliphatic heterocycles. The van der Waals surface area contributed by atoms with E-state index < -0.39 is 48.3 Å². The number of fused-ring (bicyclic) bond motifs is 5. The minimum absolute atomic E-state index is 0.0872. The van der Waals surface area contributed by atoms with Crippen molar-refractivity contribution in [2.24, 2.45) is 0 Å². The van der Waals surface area contributed by atoms with Crippen molar-refractivity contribution in [1.82, 2.24) is 0 Å². The Kier molecular flexibility index (Phi) is 10.00. The molecule has 16 aromatic carbocycles. The van der Waals surface area contributed by atoms with Gasteiger partial charge >= 0.3 is 0 Å². The van der Waals surface area contributed by atoms with Crippen LogP contribution in [-0.2, 0) is 0 Å². The molecule has 3 heteroatoms. The van der Waals surface area contributed by atoms with Gasteiger partial charge in [-0.05, 0) is 207 Å². The van der Waals surface area contributed by atoms with Gasteiger partial charge in [-0.1, -0.05) is 272 Å². The van der Waals surface area contributed by atoms with E-state index in [1.54, 1.807) is 42.5 Å². The molecule has 0 spiro atoms. The molecular formula is C87H65N3. The third-order valence-corrected chi connectivity index (χ3v) is 15.1. The quantitative estimate of drug-likeness (QED) is 0.121. The maximum atomic E-state index is 8.57. The van der Waals surface area contributed by atoms with Crippen molar-refractivity contribution in [3.8, 4) is 55.6 Å². The molecule has 0 fully saturated rings. The second kappa shape index (κ2) is 26.1.